The van der Waals surface area contributed by atoms with E-state index in [0.29, 0.717) is 39.2 Å². The summed E-state index contributed by atoms with van der Waals surface area (Å²) in [5.41, 5.74) is 2.33. The number of amides is 1. The maximum absolute atomic E-state index is 13.9. The summed E-state index contributed by atoms with van der Waals surface area (Å²) >= 11 is 0. The fourth-order valence-electron chi connectivity index (χ4n) is 5.33. The van der Waals surface area contributed by atoms with Gasteiger partial charge in [0.2, 0.25) is 5.91 Å². The van der Waals surface area contributed by atoms with Crippen molar-refractivity contribution in [2.24, 2.45) is 0 Å². The molecule has 1 aromatic heterocycles. The molecular weight excluding hydrogens is 496 g/mol. The van der Waals surface area contributed by atoms with Gasteiger partial charge in [-0.15, -0.1) is 5.10 Å². The number of ether oxygens (including phenoxy) is 2. The molecule has 2 aliphatic rings. The normalized spacial score (nSPS) is 19.6. The van der Waals surface area contributed by atoms with Crippen LogP contribution in [0.15, 0.2) is 73.4 Å². The van der Waals surface area contributed by atoms with Gasteiger partial charge in [-0.1, -0.05) is 54.3 Å². The lowest BCUT2D eigenvalue weighted by Gasteiger charge is -2.38. The molecule has 204 valence electrons. The molecule has 1 amide bonds. The third-order valence-electron chi connectivity index (χ3n) is 7.36. The van der Waals surface area contributed by atoms with Crippen molar-refractivity contribution in [1.29, 1.82) is 0 Å². The zero-order valence-corrected chi connectivity index (χ0v) is 22.2. The van der Waals surface area contributed by atoms with Crippen LogP contribution in [-0.4, -0.2) is 89.2 Å². The lowest BCUT2D eigenvalue weighted by Crippen LogP contribution is -2.53. The van der Waals surface area contributed by atoms with Gasteiger partial charge in [-0.05, 0) is 24.6 Å². The Balaban J connectivity index is 1.34. The number of esters is 1. The van der Waals surface area contributed by atoms with E-state index in [4.69, 9.17) is 9.47 Å². The van der Waals surface area contributed by atoms with Crippen LogP contribution in [0.1, 0.15) is 28.5 Å². The highest BCUT2D eigenvalue weighted by Crippen LogP contribution is 2.32. The quantitative estimate of drug-likeness (QED) is 0.308. The number of hydrogen-bond acceptors (Lipinski definition) is 8. The molecule has 2 atom stereocenters. The van der Waals surface area contributed by atoms with Crippen LogP contribution < -0.4 is 9.64 Å². The summed E-state index contributed by atoms with van der Waals surface area (Å²) in [6, 6.07) is 17.7. The predicted molar refractivity (Wildman–Crippen MR) is 147 cm³/mol. The van der Waals surface area contributed by atoms with Crippen molar-refractivity contribution in [1.82, 2.24) is 24.8 Å². The van der Waals surface area contributed by atoms with Gasteiger partial charge < -0.3 is 19.3 Å². The van der Waals surface area contributed by atoms with Crippen LogP contribution in [-0.2, 0) is 16.1 Å². The van der Waals surface area contributed by atoms with E-state index in [1.54, 1.807) is 17.0 Å². The summed E-state index contributed by atoms with van der Waals surface area (Å²) in [5.74, 6) is 0.355. The Morgan fingerprint density at radius 3 is 2.54 bits per heavy atom. The molecule has 3 aromatic rings. The molecule has 0 aliphatic carbocycles. The first-order valence-electron chi connectivity index (χ1n) is 13.2. The van der Waals surface area contributed by atoms with Gasteiger partial charge in [0.15, 0.2) is 5.69 Å². The molecule has 10 nitrogen and oxygen atoms in total. The van der Waals surface area contributed by atoms with E-state index >= 15 is 0 Å². The highest BCUT2D eigenvalue weighted by Gasteiger charge is 2.41. The number of piperazine rings is 1. The van der Waals surface area contributed by atoms with Crippen LogP contribution in [0.25, 0.3) is 0 Å². The number of likely N-dealkylation sites (tertiary alicyclic amines) is 1. The number of rotatable bonds is 9. The Hall–Kier alpha value is -4.18. The van der Waals surface area contributed by atoms with Gasteiger partial charge in [-0.25, -0.2) is 9.48 Å². The van der Waals surface area contributed by atoms with Crippen molar-refractivity contribution < 1.29 is 19.1 Å². The van der Waals surface area contributed by atoms with Crippen molar-refractivity contribution in [2.75, 3.05) is 51.3 Å². The summed E-state index contributed by atoms with van der Waals surface area (Å²) in [5, 5.41) is 8.16. The fourth-order valence-corrected chi connectivity index (χ4v) is 5.33. The van der Waals surface area contributed by atoms with Crippen LogP contribution in [0.4, 0.5) is 5.69 Å². The fraction of sp³-hybridized carbons (Fsp3) is 0.379. The van der Waals surface area contributed by atoms with Gasteiger partial charge in [0.1, 0.15) is 12.4 Å². The zero-order chi connectivity index (χ0) is 27.2. The second-order valence-electron chi connectivity index (χ2n) is 9.77. The highest BCUT2D eigenvalue weighted by molar-refractivity contribution is 5.86. The van der Waals surface area contributed by atoms with Crippen LogP contribution in [0.3, 0.4) is 0 Å². The van der Waals surface area contributed by atoms with E-state index in [1.165, 1.54) is 12.8 Å². The van der Waals surface area contributed by atoms with E-state index in [1.807, 2.05) is 47.4 Å². The average Bonchev–Trinajstić information content (AvgIpc) is 3.64. The van der Waals surface area contributed by atoms with E-state index in [0.717, 1.165) is 24.4 Å². The minimum Gasteiger partial charge on any atom is -0.489 e. The van der Waals surface area contributed by atoms with Gasteiger partial charge in [-0.3, -0.25) is 9.69 Å². The van der Waals surface area contributed by atoms with Gasteiger partial charge in [0, 0.05) is 50.5 Å². The average molecular weight is 531 g/mol. The van der Waals surface area contributed by atoms with Crippen molar-refractivity contribution in [3.8, 4) is 5.75 Å². The topological polar surface area (TPSA) is 93.0 Å². The summed E-state index contributed by atoms with van der Waals surface area (Å²) in [7, 11) is 1.32. The monoisotopic (exact) mass is 530 g/mol. The molecule has 2 fully saturated rings. The molecule has 3 heterocycles. The number of hydrogen-bond donors (Lipinski definition) is 0. The summed E-state index contributed by atoms with van der Waals surface area (Å²) in [6.45, 7) is 8.18. The number of benzene rings is 2. The Morgan fingerprint density at radius 2 is 1.79 bits per heavy atom. The molecule has 0 bridgehead atoms. The molecule has 39 heavy (non-hydrogen) atoms. The molecule has 0 N–H and O–H groups in total. The van der Waals surface area contributed by atoms with E-state index in [9.17, 15) is 9.59 Å². The second-order valence-corrected chi connectivity index (χ2v) is 9.77. The third kappa shape index (κ3) is 5.96. The van der Waals surface area contributed by atoms with Crippen LogP contribution in [0.2, 0.25) is 0 Å². The SMILES string of the molecule is C=CCOc1ccccc1CN1C[C@H](n2cc(C(=O)OC)nn2)C[C@H]1C(=O)N1CCN(c2ccccc2)CC1. The smallest absolute Gasteiger partial charge is 0.360 e. The molecular formula is C29H34N6O4. The maximum Gasteiger partial charge on any atom is 0.360 e. The van der Waals surface area contributed by atoms with Crippen molar-refractivity contribution in [2.45, 2.75) is 25.0 Å². The van der Waals surface area contributed by atoms with E-state index in [2.05, 4.69) is 38.8 Å². The minimum absolute atomic E-state index is 0.114. The van der Waals surface area contributed by atoms with E-state index in [-0.39, 0.29) is 23.7 Å². The first-order chi connectivity index (χ1) is 19.1. The van der Waals surface area contributed by atoms with Gasteiger partial charge in [0.05, 0.1) is 25.4 Å². The maximum atomic E-state index is 13.9. The minimum atomic E-state index is -0.534. The lowest BCUT2D eigenvalue weighted by molar-refractivity contribution is -0.136. The Labute approximate surface area is 228 Å². The van der Waals surface area contributed by atoms with Crippen LogP contribution in [0.5, 0.6) is 5.75 Å². The molecule has 10 heteroatoms. The van der Waals surface area contributed by atoms with Gasteiger partial charge in [0.25, 0.3) is 0 Å². The Bertz CT molecular complexity index is 1290. The first-order valence-corrected chi connectivity index (χ1v) is 13.2. The zero-order valence-electron chi connectivity index (χ0n) is 22.2. The standard InChI is InChI=1S/C29H34N6O4/c1-3-17-39-27-12-8-7-9-22(27)19-34-20-24(35-21-25(30-31-35)29(37)38-2)18-26(34)28(36)33-15-13-32(14-16-33)23-10-5-4-6-11-23/h3-12,21,24,26H,1,13-20H2,2H3/t24-,26+/m1/s1. The largest absolute Gasteiger partial charge is 0.489 e. The van der Waals surface area contributed by atoms with E-state index < -0.39 is 5.97 Å². The Kier molecular flexibility index (Phi) is 8.21. The molecule has 2 saturated heterocycles. The van der Waals surface area contributed by atoms with Crippen LogP contribution >= 0.6 is 0 Å². The summed E-state index contributed by atoms with van der Waals surface area (Å²) in [4.78, 5) is 32.4. The highest BCUT2D eigenvalue weighted by atomic mass is 16.5. The number of aromatic nitrogens is 3. The number of carbonyl (C=O) groups excluding carboxylic acids is 2. The molecule has 2 aromatic carbocycles. The van der Waals surface area contributed by atoms with Gasteiger partial charge in [-0.2, -0.15) is 0 Å². The molecule has 0 saturated carbocycles. The van der Waals surface area contributed by atoms with Gasteiger partial charge >= 0.3 is 5.97 Å². The van der Waals surface area contributed by atoms with Crippen molar-refractivity contribution in [3.63, 3.8) is 0 Å². The summed E-state index contributed by atoms with van der Waals surface area (Å²) in [6.07, 6.45) is 3.88. The predicted octanol–water partition coefficient (Wildman–Crippen LogP) is 2.79. The molecule has 0 spiro atoms. The third-order valence-corrected chi connectivity index (χ3v) is 7.36. The van der Waals surface area contributed by atoms with Crippen LogP contribution in [0, 0.1) is 0 Å². The number of anilines is 1. The first kappa shape index (κ1) is 26.4. The molecule has 2 aliphatic heterocycles. The lowest BCUT2D eigenvalue weighted by atomic mass is 10.1. The second kappa shape index (κ2) is 12.1. The number of carbonyl (C=O) groups is 2. The van der Waals surface area contributed by atoms with Crippen molar-refractivity contribution >= 4 is 17.6 Å². The molecule has 5 rings (SSSR count). The Morgan fingerprint density at radius 1 is 1.05 bits per heavy atom. The number of para-hydroxylation sites is 2. The molecule has 0 unspecified atom stereocenters. The van der Waals surface area contributed by atoms with Crippen molar-refractivity contribution in [3.05, 3.63) is 84.7 Å². The molecule has 0 radical (unpaired) electrons. The summed E-state index contributed by atoms with van der Waals surface area (Å²) < 4.78 is 12.4. The number of methoxy groups -OCH3 is 1. The number of nitrogens with zero attached hydrogens (tertiary/aromatic N) is 6.